The van der Waals surface area contributed by atoms with Crippen molar-refractivity contribution in [2.45, 2.75) is 12.8 Å². The molecule has 116 valence electrons. The van der Waals surface area contributed by atoms with E-state index >= 15 is 0 Å². The van der Waals surface area contributed by atoms with Crippen LogP contribution < -0.4 is 20.7 Å². The number of ether oxygens (including phenoxy) is 1. The predicted octanol–water partition coefficient (Wildman–Crippen LogP) is 2.08. The Kier molecular flexibility index (Phi) is 4.56. The minimum absolute atomic E-state index is 0.281. The molecule has 1 aliphatic rings. The molecule has 0 radical (unpaired) electrons. The van der Waals surface area contributed by atoms with Crippen molar-refractivity contribution in [3.63, 3.8) is 0 Å². The first-order chi connectivity index (χ1) is 9.85. The van der Waals surface area contributed by atoms with Crippen LogP contribution in [0, 0.1) is 5.92 Å². The molecule has 0 bridgehead atoms. The number of nitrogens with one attached hydrogen (secondary N) is 1. The van der Waals surface area contributed by atoms with Crippen LogP contribution in [0.2, 0.25) is 0 Å². The van der Waals surface area contributed by atoms with Crippen molar-refractivity contribution in [3.8, 4) is 5.75 Å². The van der Waals surface area contributed by atoms with Gasteiger partial charge in [0.1, 0.15) is 5.75 Å². The van der Waals surface area contributed by atoms with E-state index < -0.39 is 12.4 Å². The minimum atomic E-state index is -4.74. The lowest BCUT2D eigenvalue weighted by Gasteiger charge is -2.23. The zero-order valence-corrected chi connectivity index (χ0v) is 11.2. The molecule has 1 aromatic carbocycles. The lowest BCUT2D eigenvalue weighted by Crippen LogP contribution is -2.39. The van der Waals surface area contributed by atoms with E-state index in [9.17, 15) is 18.0 Å². The highest BCUT2D eigenvalue weighted by Gasteiger charge is 2.31. The van der Waals surface area contributed by atoms with Crippen LogP contribution in [-0.2, 0) is 0 Å². The zero-order valence-electron chi connectivity index (χ0n) is 11.2. The number of alkyl halides is 3. The van der Waals surface area contributed by atoms with Gasteiger partial charge in [0.2, 0.25) is 0 Å². The summed E-state index contributed by atoms with van der Waals surface area (Å²) >= 11 is 0. The molecule has 0 saturated carbocycles. The van der Waals surface area contributed by atoms with E-state index in [-0.39, 0.29) is 11.7 Å². The van der Waals surface area contributed by atoms with Crippen LogP contribution in [0.15, 0.2) is 24.3 Å². The third-order valence-electron chi connectivity index (χ3n) is 3.25. The molecule has 0 aromatic heterocycles. The van der Waals surface area contributed by atoms with Gasteiger partial charge in [0.25, 0.3) is 0 Å². The first kappa shape index (κ1) is 15.4. The molecule has 2 amide bonds. The number of anilines is 1. The van der Waals surface area contributed by atoms with Crippen molar-refractivity contribution < 1.29 is 22.7 Å². The van der Waals surface area contributed by atoms with Gasteiger partial charge < -0.3 is 15.8 Å². The van der Waals surface area contributed by atoms with E-state index in [1.807, 2.05) is 0 Å². The maximum atomic E-state index is 12.1. The van der Waals surface area contributed by atoms with Gasteiger partial charge in [0, 0.05) is 12.2 Å². The second kappa shape index (κ2) is 6.21. The molecular formula is C13H16F3N3O2. The normalized spacial score (nSPS) is 18.5. The van der Waals surface area contributed by atoms with Crippen LogP contribution in [0.5, 0.6) is 5.75 Å². The number of amides is 2. The number of benzene rings is 1. The largest absolute Gasteiger partial charge is 0.573 e. The molecule has 1 saturated heterocycles. The number of urea groups is 1. The molecule has 0 aliphatic carbocycles. The summed E-state index contributed by atoms with van der Waals surface area (Å²) in [7, 11) is 0. The molecule has 0 spiro atoms. The van der Waals surface area contributed by atoms with Gasteiger partial charge in [0.05, 0.1) is 0 Å². The highest BCUT2D eigenvalue weighted by atomic mass is 19.4. The lowest BCUT2D eigenvalue weighted by molar-refractivity contribution is -0.274. The Morgan fingerprint density at radius 3 is 2.52 bits per heavy atom. The van der Waals surface area contributed by atoms with Gasteiger partial charge in [0.15, 0.2) is 0 Å². The van der Waals surface area contributed by atoms with Crippen molar-refractivity contribution in [3.05, 3.63) is 24.3 Å². The van der Waals surface area contributed by atoms with Crippen molar-refractivity contribution in [2.75, 3.05) is 24.5 Å². The molecule has 1 heterocycles. The molecule has 2 rings (SSSR count). The number of rotatable bonds is 4. The molecule has 1 aromatic rings. The fourth-order valence-electron chi connectivity index (χ4n) is 2.28. The summed E-state index contributed by atoms with van der Waals surface area (Å²) in [5, 5.41) is 3.18. The van der Waals surface area contributed by atoms with Crippen LogP contribution in [0.25, 0.3) is 0 Å². The number of primary amides is 1. The second-order valence-corrected chi connectivity index (χ2v) is 4.85. The Labute approximate surface area is 119 Å². The van der Waals surface area contributed by atoms with Crippen molar-refractivity contribution in [2.24, 2.45) is 11.7 Å². The lowest BCUT2D eigenvalue weighted by atomic mass is 10.1. The third kappa shape index (κ3) is 4.52. The first-order valence-corrected chi connectivity index (χ1v) is 6.48. The number of hydrogen-bond donors (Lipinski definition) is 2. The van der Waals surface area contributed by atoms with Crippen molar-refractivity contribution >= 4 is 11.7 Å². The van der Waals surface area contributed by atoms with Crippen LogP contribution in [0.1, 0.15) is 6.42 Å². The molecule has 5 nitrogen and oxygen atoms in total. The number of carbonyl (C=O) groups is 1. The zero-order chi connectivity index (χ0) is 15.5. The van der Waals surface area contributed by atoms with Gasteiger partial charge in [-0.15, -0.1) is 13.2 Å². The molecular weight excluding hydrogens is 287 g/mol. The quantitative estimate of drug-likeness (QED) is 0.895. The van der Waals surface area contributed by atoms with Gasteiger partial charge in [-0.25, -0.2) is 4.79 Å². The number of nitrogens with two attached hydrogens (primary N) is 1. The molecule has 1 unspecified atom stereocenters. The van der Waals surface area contributed by atoms with E-state index in [2.05, 4.69) is 10.1 Å². The fourth-order valence-corrected chi connectivity index (χ4v) is 2.28. The summed E-state index contributed by atoms with van der Waals surface area (Å²) < 4.78 is 40.0. The van der Waals surface area contributed by atoms with Crippen LogP contribution in [-0.4, -0.2) is 32.0 Å². The standard InChI is InChI=1S/C13H16F3N3O2/c14-13(15,16)21-11-3-1-10(2-4-11)19(12(17)20)8-9-5-6-18-7-9/h1-4,9,18H,5-8H2,(H2,17,20). The van der Waals surface area contributed by atoms with Crippen molar-refractivity contribution in [1.82, 2.24) is 5.32 Å². The number of carbonyl (C=O) groups excluding carboxylic acids is 1. The summed E-state index contributed by atoms with van der Waals surface area (Å²) in [6, 6.07) is 4.45. The Hall–Kier alpha value is -1.96. The van der Waals surface area contributed by atoms with Crippen molar-refractivity contribution in [1.29, 1.82) is 0 Å². The maximum Gasteiger partial charge on any atom is 0.573 e. The monoisotopic (exact) mass is 303 g/mol. The number of nitrogens with zero attached hydrogens (tertiary/aromatic N) is 1. The summed E-state index contributed by atoms with van der Waals surface area (Å²) in [4.78, 5) is 12.9. The summed E-state index contributed by atoms with van der Waals surface area (Å²) in [5.74, 6) is -0.0539. The van der Waals surface area contributed by atoms with E-state index in [0.717, 1.165) is 31.6 Å². The van der Waals surface area contributed by atoms with E-state index in [1.54, 1.807) is 0 Å². The minimum Gasteiger partial charge on any atom is -0.406 e. The number of halogens is 3. The molecule has 1 aliphatic heterocycles. The van der Waals surface area contributed by atoms with Gasteiger partial charge >= 0.3 is 12.4 Å². The Morgan fingerprint density at radius 2 is 2.05 bits per heavy atom. The Balaban J connectivity index is 2.07. The van der Waals surface area contributed by atoms with Gasteiger partial charge in [-0.05, 0) is 49.7 Å². The molecule has 8 heteroatoms. The molecule has 1 fully saturated rings. The Morgan fingerprint density at radius 1 is 1.38 bits per heavy atom. The molecule has 3 N–H and O–H groups in total. The first-order valence-electron chi connectivity index (χ1n) is 6.48. The summed E-state index contributed by atoms with van der Waals surface area (Å²) in [6.07, 6.45) is -3.81. The van der Waals surface area contributed by atoms with Gasteiger partial charge in [-0.3, -0.25) is 4.90 Å². The molecule has 1 atom stereocenters. The van der Waals surface area contributed by atoms with E-state index in [4.69, 9.17) is 5.73 Å². The summed E-state index contributed by atoms with van der Waals surface area (Å²) in [5.41, 5.74) is 5.79. The summed E-state index contributed by atoms with van der Waals surface area (Å²) in [6.45, 7) is 2.11. The fraction of sp³-hybridized carbons (Fsp3) is 0.462. The average Bonchev–Trinajstić information content (AvgIpc) is 2.88. The second-order valence-electron chi connectivity index (χ2n) is 4.85. The van der Waals surface area contributed by atoms with Crippen LogP contribution in [0.4, 0.5) is 23.7 Å². The van der Waals surface area contributed by atoms with Crippen LogP contribution in [0.3, 0.4) is 0 Å². The predicted molar refractivity (Wildman–Crippen MR) is 71.0 cm³/mol. The highest BCUT2D eigenvalue weighted by molar-refractivity contribution is 5.90. The smallest absolute Gasteiger partial charge is 0.406 e. The molecule has 21 heavy (non-hydrogen) atoms. The number of hydrogen-bond acceptors (Lipinski definition) is 3. The van der Waals surface area contributed by atoms with Gasteiger partial charge in [-0.2, -0.15) is 0 Å². The SMILES string of the molecule is NC(=O)N(CC1CCNC1)c1ccc(OC(F)(F)F)cc1. The van der Waals surface area contributed by atoms with Gasteiger partial charge in [-0.1, -0.05) is 0 Å². The topological polar surface area (TPSA) is 67.6 Å². The van der Waals surface area contributed by atoms with Crippen LogP contribution >= 0.6 is 0 Å². The maximum absolute atomic E-state index is 12.1. The third-order valence-corrected chi connectivity index (χ3v) is 3.25. The highest BCUT2D eigenvalue weighted by Crippen LogP contribution is 2.26. The Bertz CT molecular complexity index is 484. The average molecular weight is 303 g/mol. The van der Waals surface area contributed by atoms with E-state index in [0.29, 0.717) is 12.2 Å². The van der Waals surface area contributed by atoms with E-state index in [1.165, 1.54) is 17.0 Å².